The van der Waals surface area contributed by atoms with Crippen LogP contribution in [0.5, 0.6) is 0 Å². The molecule has 0 atom stereocenters. The number of allylic oxidation sites excluding steroid dienone is 3. The number of esters is 2. The topological polar surface area (TPSA) is 64.6 Å². The van der Waals surface area contributed by atoms with E-state index in [-0.39, 0.29) is 40.0 Å². The Labute approximate surface area is 510 Å². The number of nitrogens with zero attached hydrogens (tertiary/aromatic N) is 4. The van der Waals surface area contributed by atoms with Crippen LogP contribution < -0.4 is 0 Å². The third-order valence-electron chi connectivity index (χ3n) is 16.5. The lowest BCUT2D eigenvalue weighted by atomic mass is 10.0. The van der Waals surface area contributed by atoms with Gasteiger partial charge in [0.1, 0.15) is 40.2 Å². The highest BCUT2D eigenvalue weighted by atomic mass is 16.5. The number of hydrogen-bond donors (Lipinski definition) is 0. The summed E-state index contributed by atoms with van der Waals surface area (Å²) in [5.41, 5.74) is 30.0. The maximum absolute atomic E-state index is 13.5. The van der Waals surface area contributed by atoms with Crippen molar-refractivity contribution in [3.8, 4) is 0 Å². The van der Waals surface area contributed by atoms with Gasteiger partial charge in [-0.25, -0.2) is 18.7 Å². The van der Waals surface area contributed by atoms with E-state index < -0.39 is 0 Å². The van der Waals surface area contributed by atoms with E-state index in [2.05, 4.69) is 184 Å². The van der Waals surface area contributed by atoms with Gasteiger partial charge in [0, 0.05) is 81.6 Å². The van der Waals surface area contributed by atoms with Gasteiger partial charge in [0.15, 0.2) is 35.9 Å². The molecule has 0 amide bonds. The molecule has 2 aliphatic carbocycles. The van der Waals surface area contributed by atoms with Gasteiger partial charge in [-0.15, -0.1) is 5.73 Å². The summed E-state index contributed by atoms with van der Waals surface area (Å²) in [4.78, 5) is 27.0. The van der Waals surface area contributed by atoms with E-state index in [0.717, 1.165) is 85.0 Å². The van der Waals surface area contributed by atoms with E-state index in [0.29, 0.717) is 36.8 Å². The Morgan fingerprint density at radius 3 is 1.02 bits per heavy atom. The summed E-state index contributed by atoms with van der Waals surface area (Å²) < 4.78 is 21.6. The molecule has 6 aromatic carbocycles. The summed E-state index contributed by atoms with van der Waals surface area (Å²) in [6.07, 6.45) is 8.12. The van der Waals surface area contributed by atoms with E-state index in [1.165, 1.54) is 79.0 Å². The van der Waals surface area contributed by atoms with Crippen LogP contribution in [0.3, 0.4) is 0 Å². The lowest BCUT2D eigenvalue weighted by Crippen LogP contribution is -2.20. The van der Waals surface area contributed by atoms with Crippen LogP contribution in [-0.4, -0.2) is 67.2 Å². The van der Waals surface area contributed by atoms with Gasteiger partial charge in [-0.05, 0) is 49.0 Å². The number of ether oxygens (including phenoxy) is 2. The molecule has 4 aliphatic heterocycles. The molecule has 12 rings (SSSR count). The molecule has 6 aromatic rings. The molecule has 8 nitrogen and oxygen atoms in total. The zero-order valence-electron chi connectivity index (χ0n) is 51.7. The van der Waals surface area contributed by atoms with Crippen molar-refractivity contribution in [2.45, 2.75) is 175 Å². The first kappa shape index (κ1) is 66.1. The van der Waals surface area contributed by atoms with Crippen molar-refractivity contribution in [2.75, 3.05) is 14.1 Å². The number of carbonyl (C=O) groups is 2. The third kappa shape index (κ3) is 15.1. The zero-order chi connectivity index (χ0) is 59.2. The average molecular weight is 1140 g/mol. The largest absolute Gasteiger partial charge is 0.457 e. The highest BCUT2D eigenvalue weighted by molar-refractivity contribution is 6.06. The normalized spacial score (nSPS) is 15.0. The summed E-state index contributed by atoms with van der Waals surface area (Å²) in [7, 11) is 4.39. The molecular formula is C77H96N4O4+4. The highest BCUT2D eigenvalue weighted by Gasteiger charge is 2.37. The van der Waals surface area contributed by atoms with Crippen molar-refractivity contribution in [3.05, 3.63) is 229 Å². The first-order valence-electron chi connectivity index (χ1n) is 30.6. The maximum Gasteiger partial charge on any atom is 0.334 e. The van der Waals surface area contributed by atoms with Crippen LogP contribution in [0.15, 0.2) is 185 Å². The molecule has 8 heteroatoms. The number of rotatable bonds is 14. The summed E-state index contributed by atoms with van der Waals surface area (Å²) >= 11 is 0. The number of benzene rings is 6. The number of carbonyl (C=O) groups excluding carboxylic acids is 2. The molecule has 6 aliphatic rings. The Morgan fingerprint density at radius 1 is 0.388 bits per heavy atom. The fourth-order valence-corrected chi connectivity index (χ4v) is 12.3. The molecule has 0 radical (unpaired) electrons. The predicted molar refractivity (Wildman–Crippen MR) is 355 cm³/mol. The third-order valence-corrected chi connectivity index (χ3v) is 16.5. The molecule has 0 bridgehead atoms. The minimum Gasteiger partial charge on any atom is -0.457 e. The molecule has 0 spiro atoms. The summed E-state index contributed by atoms with van der Waals surface area (Å²) in [5, 5.41) is 0. The molecular weight excluding hydrogens is 1040 g/mol. The molecule has 0 N–H and O–H groups in total. The quantitative estimate of drug-likeness (QED) is 0.0619. The molecule has 0 saturated carbocycles. The van der Waals surface area contributed by atoms with Crippen LogP contribution in [0.4, 0.5) is 22.7 Å². The van der Waals surface area contributed by atoms with Gasteiger partial charge in [-0.1, -0.05) is 203 Å². The van der Waals surface area contributed by atoms with Crippen molar-refractivity contribution in [1.29, 1.82) is 0 Å². The number of fused-ring (bicyclic) bond motifs is 4. The molecule has 0 unspecified atom stereocenters. The van der Waals surface area contributed by atoms with Gasteiger partial charge in [-0.2, -0.15) is 9.15 Å². The van der Waals surface area contributed by atoms with Crippen molar-refractivity contribution in [3.63, 3.8) is 0 Å². The molecule has 0 saturated heterocycles. The van der Waals surface area contributed by atoms with Crippen LogP contribution in [0.25, 0.3) is 0 Å². The Bertz CT molecular complexity index is 3410. The van der Waals surface area contributed by atoms with Crippen molar-refractivity contribution < 1.29 is 37.4 Å². The highest BCUT2D eigenvalue weighted by Crippen LogP contribution is 2.37. The smallest absolute Gasteiger partial charge is 0.334 e. The lowest BCUT2D eigenvalue weighted by Gasteiger charge is -2.08. The molecule has 4 heterocycles. The summed E-state index contributed by atoms with van der Waals surface area (Å²) in [6, 6.07) is 51.9. The van der Waals surface area contributed by atoms with Crippen molar-refractivity contribution >= 4 is 57.5 Å². The monoisotopic (exact) mass is 1140 g/mol. The molecule has 444 valence electrons. The van der Waals surface area contributed by atoms with Gasteiger partial charge in [0.2, 0.25) is 22.7 Å². The number of para-hydroxylation sites is 4. The maximum atomic E-state index is 13.5. The number of hydrogen-bond acceptors (Lipinski definition) is 4. The Kier molecular flexibility index (Phi) is 24.2. The average Bonchev–Trinajstić information content (AvgIpc) is 3.00. The van der Waals surface area contributed by atoms with E-state index in [9.17, 15) is 9.59 Å². The molecule has 0 fully saturated rings. The Balaban J connectivity index is 0.00000111. The summed E-state index contributed by atoms with van der Waals surface area (Å²) in [6.45, 7) is 22.0. The minimum absolute atomic E-state index is 0. The van der Waals surface area contributed by atoms with Gasteiger partial charge >= 0.3 is 11.9 Å². The second kappa shape index (κ2) is 31.2. The van der Waals surface area contributed by atoms with E-state index in [1.54, 1.807) is 0 Å². The van der Waals surface area contributed by atoms with Crippen molar-refractivity contribution in [1.82, 2.24) is 0 Å². The van der Waals surface area contributed by atoms with Crippen LogP contribution in [0.2, 0.25) is 0 Å². The minimum atomic E-state index is -0.275. The van der Waals surface area contributed by atoms with E-state index in [1.807, 2.05) is 69.2 Å². The SMILES string of the molecule is C.C.CC.CC.CC.CC.CC1=C(C(=O)OCc2ccc(C[N+]3=C(CC4=[N+](C)c5ccccc5C4)Cc4ccccc43)cc2)CC(=C=C2CC(C)=C(C(=O)OCc3ccc(C[N+]4=C(CC5=[N+](C)c6ccccc6C5)Cc5ccccc54)cc3)C2)C1. The molecule has 0 aromatic heterocycles. The van der Waals surface area contributed by atoms with Gasteiger partial charge in [0.05, 0.1) is 25.7 Å². The molecule has 85 heavy (non-hydrogen) atoms. The van der Waals surface area contributed by atoms with Crippen molar-refractivity contribution in [2.24, 2.45) is 0 Å². The predicted octanol–water partition coefficient (Wildman–Crippen LogP) is 17.9. The second-order valence-corrected chi connectivity index (χ2v) is 21.5. The summed E-state index contributed by atoms with van der Waals surface area (Å²) in [5.74, 6) is -0.549. The Morgan fingerprint density at radius 2 is 0.682 bits per heavy atom. The first-order chi connectivity index (χ1) is 40.6. The van der Waals surface area contributed by atoms with Crippen LogP contribution in [-0.2, 0) is 71.0 Å². The fraction of sp³-hybridized carbons (Fsp3) is 0.364. The Hall–Kier alpha value is -8.06. The van der Waals surface area contributed by atoms with Crippen LogP contribution in [0, 0.1) is 0 Å². The standard InChI is InChI=1S/C67H64N4O4.4C2H6.2CH4/c1-44-29-50(32-60(44)66(72)74-42-48-25-21-46(22-26-48)40-70-58(36-54-15-7-11-19-64(54)70)38-56-34-52-13-5-9-17-62(52)68(56)3)31-51-30-45(2)61(33-51)67(73)75-43-49-27-23-47(24-28-49)41-71-59(37-55-16-8-12-20-65(55)71)39-57-35-53-14-6-10-18-63(53)69(57)4;4*1-2;;/h5-28H,29-30,32-43H2,1-4H3;4*1-2H3;2*1H4/q+4;;;;;;. The van der Waals surface area contributed by atoms with E-state index >= 15 is 0 Å². The zero-order valence-corrected chi connectivity index (χ0v) is 51.7. The first-order valence-corrected chi connectivity index (χ1v) is 30.6. The van der Waals surface area contributed by atoms with Crippen LogP contribution in [0.1, 0.15) is 167 Å². The van der Waals surface area contributed by atoms with E-state index in [4.69, 9.17) is 9.47 Å². The van der Waals surface area contributed by atoms with Crippen LogP contribution >= 0.6 is 0 Å². The second-order valence-electron chi connectivity index (χ2n) is 21.5. The lowest BCUT2D eigenvalue weighted by molar-refractivity contribution is -0.456. The van der Waals surface area contributed by atoms with Gasteiger partial charge in [-0.3, -0.25) is 0 Å². The fourth-order valence-electron chi connectivity index (χ4n) is 12.3. The van der Waals surface area contributed by atoms with Gasteiger partial charge < -0.3 is 9.47 Å². The van der Waals surface area contributed by atoms with Gasteiger partial charge in [0.25, 0.3) is 0 Å².